The van der Waals surface area contributed by atoms with E-state index in [0.29, 0.717) is 13.2 Å². The third kappa shape index (κ3) is 2.87. The van der Waals surface area contributed by atoms with Crippen LogP contribution < -0.4 is 5.32 Å². The summed E-state index contributed by atoms with van der Waals surface area (Å²) < 4.78 is 11.9. The van der Waals surface area contributed by atoms with E-state index in [1.807, 2.05) is 36.6 Å². The van der Waals surface area contributed by atoms with Crippen LogP contribution in [0.1, 0.15) is 11.7 Å². The van der Waals surface area contributed by atoms with Crippen LogP contribution in [0.5, 0.6) is 0 Å². The Bertz CT molecular complexity index is 430. The molecule has 0 aliphatic carbocycles. The Hall–Kier alpha value is -0.590. The maximum atomic E-state index is 10.5. The molecule has 0 aromatic heterocycles. The molecule has 1 aromatic carbocycles. The van der Waals surface area contributed by atoms with Gasteiger partial charge in [-0.25, -0.2) is 0 Å². The molecule has 0 amide bonds. The quantitative estimate of drug-likeness (QED) is 0.859. The maximum absolute atomic E-state index is 10.5. The predicted octanol–water partition coefficient (Wildman–Crippen LogP) is 1.21. The molecule has 0 unspecified atom stereocenters. The number of thioether (sulfide) groups is 1. The van der Waals surface area contributed by atoms with Crippen LogP contribution >= 0.6 is 11.8 Å². The summed E-state index contributed by atoms with van der Waals surface area (Å²) in [6.45, 7) is 1.92. The van der Waals surface area contributed by atoms with Crippen LogP contribution in [0.3, 0.4) is 0 Å². The van der Waals surface area contributed by atoms with Crippen LogP contribution in [-0.4, -0.2) is 54.6 Å². The van der Waals surface area contributed by atoms with E-state index in [4.69, 9.17) is 9.47 Å². The van der Waals surface area contributed by atoms with Crippen molar-refractivity contribution >= 4 is 11.8 Å². The number of aliphatic hydroxyl groups is 1. The highest BCUT2D eigenvalue weighted by molar-refractivity contribution is 7.99. The average molecular weight is 295 g/mol. The van der Waals surface area contributed by atoms with Crippen LogP contribution in [0, 0.1) is 0 Å². The number of nitrogens with one attached hydrogen (secondary N) is 1. The number of benzene rings is 1. The van der Waals surface area contributed by atoms with Crippen LogP contribution in [0.15, 0.2) is 30.3 Å². The summed E-state index contributed by atoms with van der Waals surface area (Å²) in [5.41, 5.74) is 1.10. The standard InChI is InChI=1S/C15H21NO3S/c1-20-13-7-16-11-8-18-9-12(19-15(11)14(13)17)10-5-3-2-4-6-10/h2-6,11-17H,7-9H2,1H3/t11-,12+,13+,14-,15-/m1/s1. The van der Waals surface area contributed by atoms with Gasteiger partial charge in [0.05, 0.1) is 25.4 Å². The number of rotatable bonds is 2. The Balaban J connectivity index is 1.78. The van der Waals surface area contributed by atoms with Gasteiger partial charge in [-0.15, -0.1) is 0 Å². The maximum Gasteiger partial charge on any atom is 0.106 e. The molecule has 20 heavy (non-hydrogen) atoms. The highest BCUT2D eigenvalue weighted by Gasteiger charge is 2.41. The van der Waals surface area contributed by atoms with Gasteiger partial charge >= 0.3 is 0 Å². The highest BCUT2D eigenvalue weighted by Crippen LogP contribution is 2.30. The molecule has 110 valence electrons. The number of aliphatic hydroxyl groups excluding tert-OH is 1. The van der Waals surface area contributed by atoms with Crippen molar-refractivity contribution in [1.29, 1.82) is 0 Å². The third-order valence-corrected chi connectivity index (χ3v) is 5.11. The molecular weight excluding hydrogens is 274 g/mol. The summed E-state index contributed by atoms with van der Waals surface area (Å²) in [6, 6.07) is 10.2. The van der Waals surface area contributed by atoms with Crippen LogP contribution in [0.4, 0.5) is 0 Å². The molecule has 0 bridgehead atoms. The molecule has 2 aliphatic rings. The van der Waals surface area contributed by atoms with Crippen molar-refractivity contribution in [2.75, 3.05) is 26.0 Å². The zero-order valence-corrected chi connectivity index (χ0v) is 12.4. The van der Waals surface area contributed by atoms with Crippen LogP contribution in [0.25, 0.3) is 0 Å². The van der Waals surface area contributed by atoms with Gasteiger partial charge < -0.3 is 19.9 Å². The fourth-order valence-corrected chi connectivity index (χ4v) is 3.58. The molecule has 0 spiro atoms. The van der Waals surface area contributed by atoms with Crippen molar-refractivity contribution in [1.82, 2.24) is 5.32 Å². The molecule has 2 saturated heterocycles. The minimum Gasteiger partial charge on any atom is -0.389 e. The first-order valence-corrected chi connectivity index (χ1v) is 8.31. The molecule has 2 N–H and O–H groups in total. The van der Waals surface area contributed by atoms with E-state index in [1.165, 1.54) is 0 Å². The van der Waals surface area contributed by atoms with Crippen molar-refractivity contribution in [3.8, 4) is 0 Å². The molecule has 1 aromatic rings. The summed E-state index contributed by atoms with van der Waals surface area (Å²) in [5, 5.41) is 14.1. The van der Waals surface area contributed by atoms with Gasteiger partial charge in [-0.2, -0.15) is 11.8 Å². The molecule has 5 atom stereocenters. The second-order valence-corrected chi connectivity index (χ2v) is 6.39. The van der Waals surface area contributed by atoms with Crippen molar-refractivity contribution in [2.24, 2.45) is 0 Å². The van der Waals surface area contributed by atoms with Crippen molar-refractivity contribution in [3.63, 3.8) is 0 Å². The first-order valence-electron chi connectivity index (χ1n) is 7.02. The number of hydrogen-bond acceptors (Lipinski definition) is 5. The lowest BCUT2D eigenvalue weighted by Crippen LogP contribution is -2.60. The highest BCUT2D eigenvalue weighted by atomic mass is 32.2. The number of hydrogen-bond donors (Lipinski definition) is 2. The molecule has 3 rings (SSSR count). The molecular formula is C15H21NO3S. The second kappa shape index (κ2) is 6.45. The SMILES string of the molecule is CS[C@H]1CN[C@@H]2COC[C@@H](c3ccccc3)O[C@H]2[C@@H]1O. The topological polar surface area (TPSA) is 50.7 Å². The third-order valence-electron chi connectivity index (χ3n) is 4.06. The van der Waals surface area contributed by atoms with E-state index >= 15 is 0 Å². The first kappa shape index (κ1) is 14.4. The Morgan fingerprint density at radius 2 is 2.05 bits per heavy atom. The summed E-state index contributed by atoms with van der Waals surface area (Å²) in [7, 11) is 0. The monoisotopic (exact) mass is 295 g/mol. The van der Waals surface area contributed by atoms with Gasteiger partial charge in [-0.05, 0) is 11.8 Å². The van der Waals surface area contributed by atoms with E-state index in [2.05, 4.69) is 5.32 Å². The Morgan fingerprint density at radius 1 is 1.25 bits per heavy atom. The second-order valence-electron chi connectivity index (χ2n) is 5.32. The summed E-state index contributed by atoms with van der Waals surface area (Å²) in [5.74, 6) is 0. The normalized spacial score (nSPS) is 38.0. The average Bonchev–Trinajstić information content (AvgIpc) is 2.72. The Kier molecular flexibility index (Phi) is 4.63. The van der Waals surface area contributed by atoms with Gasteiger partial charge in [0.25, 0.3) is 0 Å². The summed E-state index contributed by atoms with van der Waals surface area (Å²) in [4.78, 5) is 0. The van der Waals surface area contributed by atoms with Gasteiger partial charge in [0.15, 0.2) is 0 Å². The Morgan fingerprint density at radius 3 is 2.80 bits per heavy atom. The van der Waals surface area contributed by atoms with E-state index in [0.717, 1.165) is 12.1 Å². The lowest BCUT2D eigenvalue weighted by atomic mass is 9.98. The lowest BCUT2D eigenvalue weighted by molar-refractivity contribution is -0.0948. The zero-order chi connectivity index (χ0) is 13.9. The molecule has 0 radical (unpaired) electrons. The van der Waals surface area contributed by atoms with Gasteiger partial charge in [-0.1, -0.05) is 30.3 Å². The molecule has 2 heterocycles. The molecule has 2 aliphatic heterocycles. The number of ether oxygens (including phenoxy) is 2. The fraction of sp³-hybridized carbons (Fsp3) is 0.600. The smallest absolute Gasteiger partial charge is 0.106 e. The largest absolute Gasteiger partial charge is 0.389 e. The van der Waals surface area contributed by atoms with Crippen molar-refractivity contribution in [3.05, 3.63) is 35.9 Å². The van der Waals surface area contributed by atoms with E-state index in [9.17, 15) is 5.11 Å². The Labute approximate surface area is 123 Å². The van der Waals surface area contributed by atoms with Crippen molar-refractivity contribution in [2.45, 2.75) is 29.6 Å². The minimum absolute atomic E-state index is 0.0714. The van der Waals surface area contributed by atoms with Crippen molar-refractivity contribution < 1.29 is 14.6 Å². The van der Waals surface area contributed by atoms with Gasteiger partial charge in [0, 0.05) is 11.8 Å². The number of piperidine rings is 1. The minimum atomic E-state index is -0.454. The van der Waals surface area contributed by atoms with E-state index < -0.39 is 6.10 Å². The first-order chi connectivity index (χ1) is 9.79. The fourth-order valence-electron chi connectivity index (χ4n) is 2.88. The van der Waals surface area contributed by atoms with E-state index in [-0.39, 0.29) is 23.5 Å². The molecule has 5 heteroatoms. The molecule has 2 fully saturated rings. The summed E-state index contributed by atoms with van der Waals surface area (Å²) in [6.07, 6.45) is 1.25. The number of fused-ring (bicyclic) bond motifs is 1. The summed E-state index contributed by atoms with van der Waals surface area (Å²) >= 11 is 1.68. The van der Waals surface area contributed by atoms with Gasteiger partial charge in [0.1, 0.15) is 12.2 Å². The molecule has 4 nitrogen and oxygen atoms in total. The predicted molar refractivity (Wildman–Crippen MR) is 80.0 cm³/mol. The van der Waals surface area contributed by atoms with E-state index in [1.54, 1.807) is 11.8 Å². The molecule has 0 saturated carbocycles. The van der Waals surface area contributed by atoms with Gasteiger partial charge in [0.2, 0.25) is 0 Å². The van der Waals surface area contributed by atoms with Gasteiger partial charge in [-0.3, -0.25) is 0 Å². The van der Waals surface area contributed by atoms with Crippen LogP contribution in [0.2, 0.25) is 0 Å². The van der Waals surface area contributed by atoms with Crippen LogP contribution in [-0.2, 0) is 9.47 Å². The zero-order valence-electron chi connectivity index (χ0n) is 11.6. The lowest BCUT2D eigenvalue weighted by Gasteiger charge is -2.39.